The number of pyridine rings is 1. The zero-order chi connectivity index (χ0) is 23.8. The van der Waals surface area contributed by atoms with Crippen molar-refractivity contribution in [3.63, 3.8) is 0 Å². The lowest BCUT2D eigenvalue weighted by molar-refractivity contribution is 0.224. The lowest BCUT2D eigenvalue weighted by Crippen LogP contribution is -2.48. The molecule has 2 aromatic rings. The first-order valence-electron chi connectivity index (χ1n) is 10.8. The molecule has 1 N–H and O–H groups in total. The maximum Gasteiger partial charge on any atom is 0.278 e. The van der Waals surface area contributed by atoms with E-state index in [4.69, 9.17) is 0 Å². The normalized spacial score (nSPS) is 17.2. The first-order chi connectivity index (χ1) is 16.0. The first-order valence-corrected chi connectivity index (χ1v) is 11.8. The summed E-state index contributed by atoms with van der Waals surface area (Å²) in [6.45, 7) is 6.72. The Morgan fingerprint density at radius 1 is 1.18 bits per heavy atom. The molecule has 4 rings (SSSR count). The Labute approximate surface area is 194 Å². The fraction of sp³-hybridized carbons (Fsp3) is 0.409. The van der Waals surface area contributed by atoms with Gasteiger partial charge in [0.25, 0.3) is 6.43 Å². The molecule has 1 unspecified atom stereocenters. The molecule has 1 atom stereocenters. The standard InChI is InChI=1S/C20H21F3N6OS.C2H6/c21-17-10-14(18-11-19(20(22)23)27-26-18)3-4-15(17)13-29(16-2-1-5-25-12-16)31(30)28-8-6-24-7-9-28;1-2/h1-5,10,12,20,24H,6-9,11,13H2;1-2H3. The summed E-state index contributed by atoms with van der Waals surface area (Å²) in [5.41, 5.74) is 1.31. The van der Waals surface area contributed by atoms with Gasteiger partial charge in [-0.15, -0.1) is 0 Å². The number of rotatable bonds is 7. The zero-order valence-electron chi connectivity index (χ0n) is 18.5. The largest absolute Gasteiger partial charge is 0.314 e. The van der Waals surface area contributed by atoms with Gasteiger partial charge in [-0.3, -0.25) is 9.29 Å². The number of aromatic nitrogens is 1. The second-order valence-electron chi connectivity index (χ2n) is 7.08. The summed E-state index contributed by atoms with van der Waals surface area (Å²) < 4.78 is 57.2. The molecule has 33 heavy (non-hydrogen) atoms. The second kappa shape index (κ2) is 12.0. The lowest BCUT2D eigenvalue weighted by atomic mass is 10.0. The van der Waals surface area contributed by atoms with E-state index >= 15 is 0 Å². The van der Waals surface area contributed by atoms with Crippen molar-refractivity contribution in [3.05, 3.63) is 59.7 Å². The SMILES string of the molecule is CC.O=S(N1CCNCC1)N(Cc1ccc(C2=NN=C(C(F)F)C2)cc1F)c1cccnc1. The van der Waals surface area contributed by atoms with Crippen molar-refractivity contribution in [1.82, 2.24) is 14.6 Å². The predicted molar refractivity (Wildman–Crippen MR) is 125 cm³/mol. The van der Waals surface area contributed by atoms with Gasteiger partial charge in [-0.05, 0) is 18.2 Å². The van der Waals surface area contributed by atoms with Crippen LogP contribution < -0.4 is 9.62 Å². The number of piperazine rings is 1. The summed E-state index contributed by atoms with van der Waals surface area (Å²) in [6.07, 6.45) is 0.412. The molecule has 0 radical (unpaired) electrons. The molecule has 1 aromatic carbocycles. The highest BCUT2D eigenvalue weighted by atomic mass is 32.2. The molecular formula is C22H27F3N6OS. The van der Waals surface area contributed by atoms with Crippen molar-refractivity contribution in [3.8, 4) is 0 Å². The van der Waals surface area contributed by atoms with Gasteiger partial charge in [0.1, 0.15) is 11.5 Å². The van der Waals surface area contributed by atoms with Crippen LogP contribution in [0.15, 0.2) is 52.9 Å². The summed E-state index contributed by atoms with van der Waals surface area (Å²) in [4.78, 5) is 4.09. The Kier molecular flexibility index (Phi) is 9.10. The average Bonchev–Trinajstić information content (AvgIpc) is 3.36. The Morgan fingerprint density at radius 2 is 1.94 bits per heavy atom. The summed E-state index contributed by atoms with van der Waals surface area (Å²) >= 11 is -1.53. The molecule has 0 saturated carbocycles. The van der Waals surface area contributed by atoms with E-state index in [1.807, 2.05) is 18.2 Å². The highest BCUT2D eigenvalue weighted by molar-refractivity contribution is 7.84. The van der Waals surface area contributed by atoms with Crippen LogP contribution in [-0.2, 0) is 17.7 Å². The Hall–Kier alpha value is -2.63. The minimum Gasteiger partial charge on any atom is -0.314 e. The number of nitrogens with one attached hydrogen (secondary N) is 1. The fourth-order valence-corrected chi connectivity index (χ4v) is 4.65. The fourth-order valence-electron chi connectivity index (χ4n) is 3.34. The molecule has 0 spiro atoms. The second-order valence-corrected chi connectivity index (χ2v) is 8.50. The highest BCUT2D eigenvalue weighted by Crippen LogP contribution is 2.23. The van der Waals surface area contributed by atoms with Crippen molar-refractivity contribution in [2.45, 2.75) is 33.2 Å². The van der Waals surface area contributed by atoms with Gasteiger partial charge in [-0.1, -0.05) is 26.0 Å². The van der Waals surface area contributed by atoms with Crippen LogP contribution in [0.5, 0.6) is 0 Å². The van der Waals surface area contributed by atoms with Crippen LogP contribution in [-0.4, -0.2) is 57.5 Å². The first kappa shape index (κ1) is 25.0. The number of benzene rings is 1. The van der Waals surface area contributed by atoms with Crippen molar-refractivity contribution >= 4 is 28.3 Å². The molecule has 178 valence electrons. The molecule has 1 saturated heterocycles. The van der Waals surface area contributed by atoms with Crippen LogP contribution in [0.3, 0.4) is 0 Å². The van der Waals surface area contributed by atoms with Gasteiger partial charge in [-0.2, -0.15) is 10.2 Å². The van der Waals surface area contributed by atoms with Crippen molar-refractivity contribution in [2.75, 3.05) is 30.5 Å². The predicted octanol–water partition coefficient (Wildman–Crippen LogP) is 3.55. The van der Waals surface area contributed by atoms with Crippen LogP contribution in [0.1, 0.15) is 31.4 Å². The van der Waals surface area contributed by atoms with E-state index in [0.717, 1.165) is 13.1 Å². The quantitative estimate of drug-likeness (QED) is 0.659. The highest BCUT2D eigenvalue weighted by Gasteiger charge is 2.26. The van der Waals surface area contributed by atoms with Crippen molar-refractivity contribution in [1.29, 1.82) is 0 Å². The summed E-state index contributed by atoms with van der Waals surface area (Å²) in [7, 11) is 0. The number of hydrogen-bond acceptors (Lipinski definition) is 5. The van der Waals surface area contributed by atoms with Gasteiger partial charge >= 0.3 is 0 Å². The van der Waals surface area contributed by atoms with Gasteiger partial charge in [-0.25, -0.2) is 21.7 Å². The van der Waals surface area contributed by atoms with Crippen molar-refractivity contribution < 1.29 is 17.4 Å². The molecule has 2 aliphatic rings. The average molecular weight is 481 g/mol. The van der Waals surface area contributed by atoms with E-state index in [0.29, 0.717) is 35.6 Å². The minimum absolute atomic E-state index is 0.0552. The molecule has 2 aliphatic heterocycles. The van der Waals surface area contributed by atoms with E-state index in [1.54, 1.807) is 41.0 Å². The van der Waals surface area contributed by atoms with E-state index in [1.165, 1.54) is 6.07 Å². The van der Waals surface area contributed by atoms with Gasteiger partial charge in [0.05, 0.1) is 24.1 Å². The third kappa shape index (κ3) is 6.24. The molecule has 0 aliphatic carbocycles. The maximum atomic E-state index is 14.9. The number of halogens is 3. The summed E-state index contributed by atoms with van der Waals surface area (Å²) in [5.74, 6) is -0.531. The summed E-state index contributed by atoms with van der Waals surface area (Å²) in [6, 6.07) is 7.95. The Morgan fingerprint density at radius 3 is 2.55 bits per heavy atom. The van der Waals surface area contributed by atoms with Crippen LogP contribution in [0.4, 0.5) is 18.9 Å². The number of nitrogens with zero attached hydrogens (tertiary/aromatic N) is 5. The molecule has 1 fully saturated rings. The van der Waals surface area contributed by atoms with Gasteiger partial charge in [0.2, 0.25) is 0 Å². The van der Waals surface area contributed by atoms with Crippen LogP contribution in [0.2, 0.25) is 0 Å². The van der Waals surface area contributed by atoms with E-state index in [9.17, 15) is 17.4 Å². The van der Waals surface area contributed by atoms with E-state index in [2.05, 4.69) is 20.5 Å². The van der Waals surface area contributed by atoms with Crippen LogP contribution >= 0.6 is 0 Å². The van der Waals surface area contributed by atoms with Crippen LogP contribution in [0.25, 0.3) is 0 Å². The number of anilines is 1. The summed E-state index contributed by atoms with van der Waals surface area (Å²) in [5, 5.41) is 10.4. The smallest absolute Gasteiger partial charge is 0.278 e. The van der Waals surface area contributed by atoms with E-state index in [-0.39, 0.29) is 18.7 Å². The zero-order valence-corrected chi connectivity index (χ0v) is 19.4. The van der Waals surface area contributed by atoms with Gasteiger partial charge in [0.15, 0.2) is 11.2 Å². The molecular weight excluding hydrogens is 453 g/mol. The monoisotopic (exact) mass is 480 g/mol. The van der Waals surface area contributed by atoms with Crippen molar-refractivity contribution in [2.24, 2.45) is 10.2 Å². The Bertz CT molecular complexity index is 1010. The molecule has 0 amide bonds. The lowest BCUT2D eigenvalue weighted by Gasteiger charge is -2.32. The van der Waals surface area contributed by atoms with Gasteiger partial charge < -0.3 is 5.32 Å². The maximum absolute atomic E-state index is 14.9. The molecule has 0 bridgehead atoms. The van der Waals surface area contributed by atoms with Crippen LogP contribution in [0, 0.1) is 5.82 Å². The molecule has 1 aromatic heterocycles. The number of alkyl halides is 2. The molecule has 11 heteroatoms. The Balaban J connectivity index is 0.00000149. The molecule has 3 heterocycles. The van der Waals surface area contributed by atoms with E-state index < -0.39 is 23.4 Å². The third-order valence-electron chi connectivity index (χ3n) is 5.02. The molecule has 7 nitrogen and oxygen atoms in total. The number of hydrogen-bond donors (Lipinski definition) is 1. The minimum atomic E-state index is -2.68. The third-order valence-corrected chi connectivity index (χ3v) is 6.54. The topological polar surface area (TPSA) is 73.2 Å². The van der Waals surface area contributed by atoms with Gasteiger partial charge in [0, 0.05) is 49.9 Å².